The summed E-state index contributed by atoms with van der Waals surface area (Å²) in [6.45, 7) is 0. The largest absolute Gasteiger partial charge is 0.481 e. The summed E-state index contributed by atoms with van der Waals surface area (Å²) in [6.07, 6.45) is -3.62. The number of carboxylic acid groups (broad SMARTS) is 1. The fourth-order valence-electron chi connectivity index (χ4n) is 1.04. The lowest BCUT2D eigenvalue weighted by Crippen LogP contribution is -2.13. The lowest BCUT2D eigenvalue weighted by molar-refractivity contribution is -0.138. The van der Waals surface area contributed by atoms with Crippen LogP contribution in [-0.4, -0.2) is 16.1 Å². The van der Waals surface area contributed by atoms with Crippen LogP contribution in [0.5, 0.6) is 0 Å². The number of anilines is 1. The van der Waals surface area contributed by atoms with E-state index in [-0.39, 0.29) is 5.56 Å². The van der Waals surface area contributed by atoms with Gasteiger partial charge in [0.25, 0.3) is 0 Å². The molecule has 0 atom stereocenters. The molecule has 0 bridgehead atoms. The molecule has 0 fully saturated rings. The second-order valence-corrected chi connectivity index (χ2v) is 2.83. The molecule has 15 heavy (non-hydrogen) atoms. The average Bonchev–Trinajstić information content (AvgIpc) is 2.05. The van der Waals surface area contributed by atoms with Crippen LogP contribution >= 0.6 is 0 Å². The van der Waals surface area contributed by atoms with Crippen LogP contribution in [0.25, 0.3) is 0 Å². The van der Waals surface area contributed by atoms with E-state index < -0.39 is 29.8 Å². The first kappa shape index (κ1) is 11.3. The highest BCUT2D eigenvalue weighted by Gasteiger charge is 2.34. The molecule has 1 heterocycles. The topological polar surface area (TPSA) is 76.2 Å². The Morgan fingerprint density at radius 2 is 2.07 bits per heavy atom. The predicted octanol–water partition coefficient (Wildman–Crippen LogP) is 1.31. The minimum atomic E-state index is -4.62. The van der Waals surface area contributed by atoms with Gasteiger partial charge >= 0.3 is 12.1 Å². The lowest BCUT2D eigenvalue weighted by atomic mass is 10.1. The van der Waals surface area contributed by atoms with Gasteiger partial charge in [-0.2, -0.15) is 13.2 Å². The fourth-order valence-corrected chi connectivity index (χ4v) is 1.04. The molecule has 0 saturated heterocycles. The number of carbonyl (C=O) groups is 1. The summed E-state index contributed by atoms with van der Waals surface area (Å²) < 4.78 is 36.9. The average molecular weight is 220 g/mol. The molecule has 0 saturated carbocycles. The van der Waals surface area contributed by atoms with E-state index in [2.05, 4.69) is 4.98 Å². The van der Waals surface area contributed by atoms with Crippen LogP contribution in [0.3, 0.4) is 0 Å². The van der Waals surface area contributed by atoms with Crippen molar-refractivity contribution in [2.75, 3.05) is 5.73 Å². The van der Waals surface area contributed by atoms with Gasteiger partial charge in [-0.05, 0) is 0 Å². The van der Waals surface area contributed by atoms with Gasteiger partial charge in [-0.3, -0.25) is 9.78 Å². The van der Waals surface area contributed by atoms with Crippen LogP contribution in [0.4, 0.5) is 18.9 Å². The van der Waals surface area contributed by atoms with Crippen molar-refractivity contribution in [1.82, 2.24) is 4.98 Å². The highest BCUT2D eigenvalue weighted by Crippen LogP contribution is 2.34. The maximum Gasteiger partial charge on any atom is 0.419 e. The highest BCUT2D eigenvalue weighted by atomic mass is 19.4. The number of nitrogens with zero attached hydrogens (tertiary/aromatic N) is 1. The van der Waals surface area contributed by atoms with Gasteiger partial charge < -0.3 is 10.8 Å². The zero-order valence-corrected chi connectivity index (χ0v) is 7.38. The summed E-state index contributed by atoms with van der Waals surface area (Å²) in [6, 6.07) is 0. The van der Waals surface area contributed by atoms with Crippen molar-refractivity contribution in [3.8, 4) is 0 Å². The molecule has 82 valence electrons. The van der Waals surface area contributed by atoms with Gasteiger partial charge in [-0.15, -0.1) is 0 Å². The van der Waals surface area contributed by atoms with E-state index in [0.717, 1.165) is 6.20 Å². The third-order valence-corrected chi connectivity index (χ3v) is 1.72. The summed E-state index contributed by atoms with van der Waals surface area (Å²) in [5.74, 6) is -1.26. The number of hydrogen-bond acceptors (Lipinski definition) is 3. The Hall–Kier alpha value is -1.79. The quantitative estimate of drug-likeness (QED) is 0.787. The van der Waals surface area contributed by atoms with Gasteiger partial charge in [0.15, 0.2) is 0 Å². The van der Waals surface area contributed by atoms with Crippen molar-refractivity contribution >= 4 is 11.7 Å². The molecule has 1 aromatic rings. The number of hydrogen-bond donors (Lipinski definition) is 2. The molecule has 0 radical (unpaired) electrons. The van der Waals surface area contributed by atoms with E-state index in [0.29, 0.717) is 6.20 Å². The number of aliphatic carboxylic acids is 1. The molecule has 3 N–H and O–H groups in total. The first-order valence-electron chi connectivity index (χ1n) is 3.83. The molecule has 0 aliphatic heterocycles. The van der Waals surface area contributed by atoms with E-state index in [1.165, 1.54) is 0 Å². The maximum atomic E-state index is 12.3. The maximum absolute atomic E-state index is 12.3. The molecular formula is C8H7F3N2O2. The van der Waals surface area contributed by atoms with Crippen LogP contribution in [-0.2, 0) is 17.4 Å². The van der Waals surface area contributed by atoms with Gasteiger partial charge in [0, 0.05) is 18.0 Å². The third kappa shape index (κ3) is 2.58. The van der Waals surface area contributed by atoms with Crippen molar-refractivity contribution in [2.24, 2.45) is 0 Å². The Morgan fingerprint density at radius 1 is 1.47 bits per heavy atom. The zero-order valence-electron chi connectivity index (χ0n) is 7.38. The number of nitrogen functional groups attached to an aromatic ring is 1. The van der Waals surface area contributed by atoms with Crippen molar-refractivity contribution in [3.63, 3.8) is 0 Å². The molecular weight excluding hydrogens is 213 g/mol. The third-order valence-electron chi connectivity index (χ3n) is 1.72. The van der Waals surface area contributed by atoms with Crippen molar-refractivity contribution in [3.05, 3.63) is 23.5 Å². The number of aromatic nitrogens is 1. The van der Waals surface area contributed by atoms with Crippen LogP contribution < -0.4 is 5.73 Å². The Kier molecular flexibility index (Phi) is 2.83. The second kappa shape index (κ2) is 3.76. The van der Waals surface area contributed by atoms with Gasteiger partial charge in [0.1, 0.15) is 0 Å². The van der Waals surface area contributed by atoms with Crippen molar-refractivity contribution in [2.45, 2.75) is 12.6 Å². The Bertz CT molecular complexity index is 390. The second-order valence-electron chi connectivity index (χ2n) is 2.83. The standard InChI is InChI=1S/C8H7F3N2O2/c9-8(10,11)5-3-13-2-4(7(5)12)1-6(14)15/h2-3H,1H2,(H2,12,13)(H,14,15). The van der Waals surface area contributed by atoms with E-state index in [1.54, 1.807) is 0 Å². The van der Waals surface area contributed by atoms with Gasteiger partial charge in [-0.1, -0.05) is 0 Å². The molecule has 0 amide bonds. The number of halogens is 3. The normalized spacial score (nSPS) is 11.4. The summed E-state index contributed by atoms with van der Waals surface area (Å²) in [5, 5.41) is 8.42. The summed E-state index contributed by atoms with van der Waals surface area (Å²) in [7, 11) is 0. The Balaban J connectivity index is 3.17. The van der Waals surface area contributed by atoms with Crippen molar-refractivity contribution in [1.29, 1.82) is 0 Å². The van der Waals surface area contributed by atoms with Gasteiger partial charge in [-0.25, -0.2) is 0 Å². The van der Waals surface area contributed by atoms with E-state index in [9.17, 15) is 18.0 Å². The number of carboxylic acids is 1. The van der Waals surface area contributed by atoms with E-state index >= 15 is 0 Å². The highest BCUT2D eigenvalue weighted by molar-refractivity contribution is 5.73. The number of alkyl halides is 3. The number of rotatable bonds is 2. The molecule has 7 heteroatoms. The Morgan fingerprint density at radius 3 is 2.53 bits per heavy atom. The van der Waals surface area contributed by atoms with Crippen LogP contribution in [0, 0.1) is 0 Å². The molecule has 4 nitrogen and oxygen atoms in total. The Labute approximate surface area is 82.5 Å². The summed E-state index contributed by atoms with van der Waals surface area (Å²) in [4.78, 5) is 13.6. The van der Waals surface area contributed by atoms with E-state index in [4.69, 9.17) is 10.8 Å². The SMILES string of the molecule is Nc1c(CC(=O)O)cncc1C(F)(F)F. The van der Waals surface area contributed by atoms with Gasteiger partial charge in [0.2, 0.25) is 0 Å². The molecule has 0 aromatic carbocycles. The number of pyridine rings is 1. The smallest absolute Gasteiger partial charge is 0.419 e. The lowest BCUT2D eigenvalue weighted by Gasteiger charge is -2.11. The van der Waals surface area contributed by atoms with Gasteiger partial charge in [0.05, 0.1) is 17.7 Å². The monoisotopic (exact) mass is 220 g/mol. The fraction of sp³-hybridized carbons (Fsp3) is 0.250. The summed E-state index contributed by atoms with van der Waals surface area (Å²) in [5.41, 5.74) is 3.36. The first-order chi connectivity index (χ1) is 6.82. The minimum absolute atomic E-state index is 0.141. The molecule has 0 aliphatic rings. The predicted molar refractivity (Wildman–Crippen MR) is 45.0 cm³/mol. The zero-order chi connectivity index (χ0) is 11.6. The summed E-state index contributed by atoms with van der Waals surface area (Å²) >= 11 is 0. The van der Waals surface area contributed by atoms with Crippen molar-refractivity contribution < 1.29 is 23.1 Å². The number of nitrogens with two attached hydrogens (primary N) is 1. The van der Waals surface area contributed by atoms with Crippen LogP contribution in [0.2, 0.25) is 0 Å². The molecule has 1 aromatic heterocycles. The van der Waals surface area contributed by atoms with Crippen LogP contribution in [0.1, 0.15) is 11.1 Å². The van der Waals surface area contributed by atoms with E-state index in [1.807, 2.05) is 0 Å². The molecule has 0 aliphatic carbocycles. The van der Waals surface area contributed by atoms with Crippen LogP contribution in [0.15, 0.2) is 12.4 Å². The molecule has 0 unspecified atom stereocenters. The first-order valence-corrected chi connectivity index (χ1v) is 3.83. The minimum Gasteiger partial charge on any atom is -0.481 e. The molecule has 1 rings (SSSR count). The molecule has 0 spiro atoms.